The second-order valence-electron chi connectivity index (χ2n) is 9.52. The highest BCUT2D eigenvalue weighted by molar-refractivity contribution is 5.90. The van der Waals surface area contributed by atoms with Gasteiger partial charge in [-0.05, 0) is 55.8 Å². The van der Waals surface area contributed by atoms with Crippen LogP contribution in [0.15, 0.2) is 42.5 Å². The Morgan fingerprint density at radius 3 is 2.65 bits per heavy atom. The molecule has 0 saturated carbocycles. The normalized spacial score (nSPS) is 19.9. The molecule has 2 aliphatic heterocycles. The molecule has 180 valence electrons. The number of aliphatic hydroxyl groups is 1. The first-order valence-corrected chi connectivity index (χ1v) is 11.7. The molecule has 3 heterocycles. The van der Waals surface area contributed by atoms with E-state index >= 15 is 0 Å². The van der Waals surface area contributed by atoms with E-state index in [4.69, 9.17) is 4.74 Å². The fourth-order valence-corrected chi connectivity index (χ4v) is 5.93. The minimum absolute atomic E-state index is 0.0447. The maximum atomic E-state index is 13.5. The number of anilines is 1. The third-order valence-corrected chi connectivity index (χ3v) is 7.64. The highest BCUT2D eigenvalue weighted by Crippen LogP contribution is 2.49. The number of rotatable bonds is 3. The summed E-state index contributed by atoms with van der Waals surface area (Å²) >= 11 is 0. The van der Waals surface area contributed by atoms with Crippen molar-refractivity contribution in [1.82, 2.24) is 14.4 Å². The summed E-state index contributed by atoms with van der Waals surface area (Å²) in [6, 6.07) is 11.8. The Bertz CT molecular complexity index is 1230. The van der Waals surface area contributed by atoms with E-state index < -0.39 is 0 Å². The van der Waals surface area contributed by atoms with Gasteiger partial charge in [0.15, 0.2) is 0 Å². The molecule has 2 N–H and O–H groups in total. The van der Waals surface area contributed by atoms with E-state index in [1.807, 2.05) is 11.0 Å². The average molecular weight is 467 g/mol. The van der Waals surface area contributed by atoms with Crippen molar-refractivity contribution in [3.63, 3.8) is 0 Å². The Morgan fingerprint density at radius 2 is 1.97 bits per heavy atom. The van der Waals surface area contributed by atoms with Crippen LogP contribution in [0.1, 0.15) is 30.1 Å². The second kappa shape index (κ2) is 8.60. The Balaban J connectivity index is 1.47. The number of carbonyl (C=O) groups is 1. The van der Waals surface area contributed by atoms with Crippen LogP contribution in [0.5, 0.6) is 5.75 Å². The fourth-order valence-electron chi connectivity index (χ4n) is 5.93. The average Bonchev–Trinajstić information content (AvgIpc) is 3.12. The highest BCUT2D eigenvalue weighted by Gasteiger charge is 2.47. The number of aliphatic hydroxyl groups excluding tert-OH is 1. The maximum Gasteiger partial charge on any atom is 0.321 e. The molecule has 0 bridgehead atoms. The number of ether oxygens (including phenoxy) is 1. The summed E-state index contributed by atoms with van der Waals surface area (Å²) in [5.41, 5.74) is 3.84. The molecule has 0 unspecified atom stereocenters. The van der Waals surface area contributed by atoms with Gasteiger partial charge in [-0.3, -0.25) is 4.90 Å². The smallest absolute Gasteiger partial charge is 0.321 e. The third-order valence-electron chi connectivity index (χ3n) is 7.64. The number of likely N-dealkylation sites (N-methyl/N-ethyl adjacent to an activating group) is 1. The number of aryl methyl sites for hydroxylation is 1. The van der Waals surface area contributed by atoms with Gasteiger partial charge in [0.1, 0.15) is 11.6 Å². The molecule has 34 heavy (non-hydrogen) atoms. The van der Waals surface area contributed by atoms with E-state index in [-0.39, 0.29) is 29.9 Å². The molecule has 1 spiro atoms. The second-order valence-corrected chi connectivity index (χ2v) is 9.52. The van der Waals surface area contributed by atoms with Crippen molar-refractivity contribution in [3.05, 3.63) is 59.5 Å². The molecule has 2 amide bonds. The van der Waals surface area contributed by atoms with E-state index in [1.165, 1.54) is 23.1 Å². The molecule has 1 fully saturated rings. The molecule has 2 aliphatic rings. The Morgan fingerprint density at radius 1 is 1.21 bits per heavy atom. The Kier molecular flexibility index (Phi) is 5.73. The summed E-state index contributed by atoms with van der Waals surface area (Å²) in [7, 11) is 5.78. The largest absolute Gasteiger partial charge is 0.497 e. The lowest BCUT2D eigenvalue weighted by molar-refractivity contribution is 0.0718. The zero-order chi connectivity index (χ0) is 24.0. The quantitative estimate of drug-likeness (QED) is 0.615. The van der Waals surface area contributed by atoms with Crippen LogP contribution in [-0.2, 0) is 12.5 Å². The summed E-state index contributed by atoms with van der Waals surface area (Å²) in [6.45, 7) is 2.06. The number of benzene rings is 2. The molecule has 5 rings (SSSR count). The van der Waals surface area contributed by atoms with Crippen LogP contribution in [-0.4, -0.2) is 65.9 Å². The molecule has 8 heteroatoms. The zero-order valence-electron chi connectivity index (χ0n) is 19.8. The number of methoxy groups -OCH3 is 1. The first-order valence-electron chi connectivity index (χ1n) is 11.7. The molecule has 0 aliphatic carbocycles. The number of amides is 2. The predicted molar refractivity (Wildman–Crippen MR) is 130 cm³/mol. The van der Waals surface area contributed by atoms with Crippen LogP contribution >= 0.6 is 0 Å². The lowest BCUT2D eigenvalue weighted by Crippen LogP contribution is -2.54. The van der Waals surface area contributed by atoms with Crippen LogP contribution in [0.3, 0.4) is 0 Å². The minimum atomic E-state index is -0.376. The van der Waals surface area contributed by atoms with Gasteiger partial charge in [-0.25, -0.2) is 9.18 Å². The lowest BCUT2D eigenvalue weighted by atomic mass is 9.68. The summed E-state index contributed by atoms with van der Waals surface area (Å²) in [6.07, 6.45) is 1.62. The van der Waals surface area contributed by atoms with Gasteiger partial charge in [0.25, 0.3) is 0 Å². The maximum absolute atomic E-state index is 13.5. The number of piperidine rings is 1. The number of aromatic nitrogens is 1. The van der Waals surface area contributed by atoms with E-state index in [1.54, 1.807) is 19.2 Å². The predicted octanol–water partition coefficient (Wildman–Crippen LogP) is 3.87. The van der Waals surface area contributed by atoms with Crippen molar-refractivity contribution in [2.45, 2.75) is 24.3 Å². The van der Waals surface area contributed by atoms with Crippen LogP contribution < -0.4 is 10.1 Å². The molecule has 1 aromatic heterocycles. The molecule has 2 aromatic carbocycles. The first kappa shape index (κ1) is 22.7. The van der Waals surface area contributed by atoms with Crippen molar-refractivity contribution in [2.75, 3.05) is 45.7 Å². The Labute approximate surface area is 198 Å². The lowest BCUT2D eigenvalue weighted by Gasteiger charge is -2.49. The van der Waals surface area contributed by atoms with Gasteiger partial charge >= 0.3 is 6.03 Å². The number of nitrogens with zero attached hydrogens (tertiary/aromatic N) is 3. The number of urea groups is 1. The van der Waals surface area contributed by atoms with Gasteiger partial charge in [-0.15, -0.1) is 0 Å². The summed E-state index contributed by atoms with van der Waals surface area (Å²) < 4.78 is 21.2. The number of nitrogens with one attached hydrogen (secondary N) is 1. The van der Waals surface area contributed by atoms with Crippen molar-refractivity contribution in [2.24, 2.45) is 7.05 Å². The molecule has 3 aromatic rings. The number of hydrogen-bond donors (Lipinski definition) is 2. The van der Waals surface area contributed by atoms with E-state index in [0.717, 1.165) is 36.3 Å². The molecule has 1 saturated heterocycles. The molecular formula is C26H31FN4O3. The van der Waals surface area contributed by atoms with Crippen molar-refractivity contribution >= 4 is 22.6 Å². The van der Waals surface area contributed by atoms with Crippen LogP contribution in [0.2, 0.25) is 0 Å². The standard InChI is InChI=1S/C26H31FN4O3/c1-29-16-26(9-11-31(12-10-26)25(33)28-18-6-4-5-17(27)13-18)23-20-8-7-19(34-3)14-21(20)30(2)24(23)22(29)15-32/h4-8,13-14,22,32H,9-12,15-16H2,1-3H3,(H,28,33)/t22-/m0/s1. The van der Waals surface area contributed by atoms with Crippen LogP contribution in [0, 0.1) is 5.82 Å². The third kappa shape index (κ3) is 3.61. The topological polar surface area (TPSA) is 70.0 Å². The van der Waals surface area contributed by atoms with Crippen molar-refractivity contribution in [1.29, 1.82) is 0 Å². The van der Waals surface area contributed by atoms with Gasteiger partial charge in [0, 0.05) is 54.9 Å². The molecule has 0 radical (unpaired) electrons. The van der Waals surface area contributed by atoms with Gasteiger partial charge in [-0.2, -0.15) is 0 Å². The summed E-state index contributed by atoms with van der Waals surface area (Å²) in [4.78, 5) is 16.9. The Hall–Kier alpha value is -3.10. The number of halogens is 1. The van der Waals surface area contributed by atoms with Gasteiger partial charge in [-0.1, -0.05) is 6.07 Å². The number of hydrogen-bond acceptors (Lipinski definition) is 4. The van der Waals surface area contributed by atoms with Gasteiger partial charge < -0.3 is 24.6 Å². The first-order chi connectivity index (χ1) is 16.4. The number of carbonyl (C=O) groups excluding carboxylic acids is 1. The molecule has 1 atom stereocenters. The van der Waals surface area contributed by atoms with Crippen LogP contribution in [0.4, 0.5) is 14.9 Å². The minimum Gasteiger partial charge on any atom is -0.497 e. The van der Waals surface area contributed by atoms with E-state index in [0.29, 0.717) is 18.8 Å². The van der Waals surface area contributed by atoms with Gasteiger partial charge in [0.05, 0.1) is 25.3 Å². The number of likely N-dealkylation sites (tertiary alicyclic amines) is 1. The van der Waals surface area contributed by atoms with Crippen molar-refractivity contribution < 1.29 is 19.0 Å². The highest BCUT2D eigenvalue weighted by atomic mass is 19.1. The monoisotopic (exact) mass is 466 g/mol. The van der Waals surface area contributed by atoms with Crippen LogP contribution in [0.25, 0.3) is 10.9 Å². The van der Waals surface area contributed by atoms with E-state index in [9.17, 15) is 14.3 Å². The molecular weight excluding hydrogens is 435 g/mol. The van der Waals surface area contributed by atoms with Gasteiger partial charge in [0.2, 0.25) is 0 Å². The SMILES string of the molecule is COc1ccc2c3c(n(C)c2c1)[C@H](CO)N(C)CC31CCN(C(=O)Nc2cccc(F)c2)CC1. The number of fused-ring (bicyclic) bond motifs is 4. The summed E-state index contributed by atoms with van der Waals surface area (Å²) in [5.74, 6) is 0.427. The summed E-state index contributed by atoms with van der Waals surface area (Å²) in [5, 5.41) is 14.3. The molecule has 7 nitrogen and oxygen atoms in total. The fraction of sp³-hybridized carbons (Fsp3) is 0.423. The zero-order valence-corrected chi connectivity index (χ0v) is 19.8. The van der Waals surface area contributed by atoms with E-state index in [2.05, 4.69) is 41.0 Å². The van der Waals surface area contributed by atoms with Crippen molar-refractivity contribution in [3.8, 4) is 5.75 Å².